The van der Waals surface area contributed by atoms with Gasteiger partial charge in [-0.15, -0.1) is 11.3 Å². The van der Waals surface area contributed by atoms with Crippen molar-refractivity contribution in [1.82, 2.24) is 4.98 Å². The summed E-state index contributed by atoms with van der Waals surface area (Å²) in [7, 11) is 0. The Kier molecular flexibility index (Phi) is 3.33. The molecule has 4 nitrogen and oxygen atoms in total. The third-order valence-electron chi connectivity index (χ3n) is 3.45. The fraction of sp³-hybridized carbons (Fsp3) is 0.500. The Morgan fingerprint density at radius 1 is 1.32 bits per heavy atom. The maximum Gasteiger partial charge on any atom is 0.144 e. The Bertz CT molecular complexity index is 574. The van der Waals surface area contributed by atoms with Crippen molar-refractivity contribution in [3.8, 4) is 5.75 Å². The summed E-state index contributed by atoms with van der Waals surface area (Å²) < 4.78 is 12.9. The van der Waals surface area contributed by atoms with Gasteiger partial charge in [0.05, 0.1) is 22.4 Å². The van der Waals surface area contributed by atoms with Gasteiger partial charge in [0, 0.05) is 12.8 Å². The SMILES string of the molecule is CC1CC(Oc2ccc3scnc3c2N)CC(C)O1. The topological polar surface area (TPSA) is 57.4 Å². The fourth-order valence-electron chi connectivity index (χ4n) is 2.66. The van der Waals surface area contributed by atoms with Crippen LogP contribution >= 0.6 is 11.3 Å². The lowest BCUT2D eigenvalue weighted by atomic mass is 10.0. The van der Waals surface area contributed by atoms with E-state index in [9.17, 15) is 0 Å². The number of nitrogens with two attached hydrogens (primary N) is 1. The Morgan fingerprint density at radius 2 is 2.05 bits per heavy atom. The van der Waals surface area contributed by atoms with Crippen LogP contribution in [0.3, 0.4) is 0 Å². The molecule has 0 spiro atoms. The van der Waals surface area contributed by atoms with Gasteiger partial charge in [-0.05, 0) is 26.0 Å². The average molecular weight is 278 g/mol. The molecule has 2 aromatic rings. The Morgan fingerprint density at radius 3 is 2.79 bits per heavy atom. The monoisotopic (exact) mass is 278 g/mol. The number of anilines is 1. The first-order valence-electron chi connectivity index (χ1n) is 6.57. The number of nitrogen functional groups attached to an aromatic ring is 1. The minimum atomic E-state index is 0.164. The number of hydrogen-bond donors (Lipinski definition) is 1. The summed E-state index contributed by atoms with van der Waals surface area (Å²) in [5, 5.41) is 0. The molecule has 2 heterocycles. The van der Waals surface area contributed by atoms with Crippen molar-refractivity contribution >= 4 is 27.2 Å². The van der Waals surface area contributed by atoms with Gasteiger partial charge < -0.3 is 15.2 Å². The maximum atomic E-state index is 6.14. The first-order chi connectivity index (χ1) is 9.13. The summed E-state index contributed by atoms with van der Waals surface area (Å²) in [6.45, 7) is 4.16. The number of hydrogen-bond acceptors (Lipinski definition) is 5. The molecule has 2 unspecified atom stereocenters. The summed E-state index contributed by atoms with van der Waals surface area (Å²) in [6.07, 6.45) is 2.44. The molecule has 0 aliphatic carbocycles. The molecule has 1 saturated heterocycles. The third-order valence-corrected chi connectivity index (χ3v) is 4.24. The number of thiazole rings is 1. The molecule has 19 heavy (non-hydrogen) atoms. The second-order valence-corrected chi connectivity index (χ2v) is 6.03. The second kappa shape index (κ2) is 4.98. The summed E-state index contributed by atoms with van der Waals surface area (Å²) in [4.78, 5) is 4.29. The number of fused-ring (bicyclic) bond motifs is 1. The Balaban J connectivity index is 1.82. The van der Waals surface area contributed by atoms with Gasteiger partial charge in [0.25, 0.3) is 0 Å². The van der Waals surface area contributed by atoms with Crippen LogP contribution in [0.5, 0.6) is 5.75 Å². The van der Waals surface area contributed by atoms with Crippen LogP contribution in [0.15, 0.2) is 17.6 Å². The number of ether oxygens (including phenoxy) is 2. The maximum absolute atomic E-state index is 6.14. The van der Waals surface area contributed by atoms with Crippen molar-refractivity contribution in [2.45, 2.75) is 45.0 Å². The first kappa shape index (κ1) is 12.7. The Hall–Kier alpha value is -1.33. The smallest absolute Gasteiger partial charge is 0.144 e. The van der Waals surface area contributed by atoms with E-state index in [2.05, 4.69) is 18.8 Å². The number of benzene rings is 1. The van der Waals surface area contributed by atoms with Gasteiger partial charge in [-0.2, -0.15) is 0 Å². The van der Waals surface area contributed by atoms with Crippen LogP contribution in [0, 0.1) is 0 Å². The van der Waals surface area contributed by atoms with Gasteiger partial charge in [0.2, 0.25) is 0 Å². The highest BCUT2D eigenvalue weighted by atomic mass is 32.1. The summed E-state index contributed by atoms with van der Waals surface area (Å²) in [5.74, 6) is 0.740. The Labute approximate surface area is 116 Å². The highest BCUT2D eigenvalue weighted by Crippen LogP contribution is 2.34. The van der Waals surface area contributed by atoms with Crippen molar-refractivity contribution in [2.75, 3.05) is 5.73 Å². The molecule has 0 amide bonds. The molecule has 0 radical (unpaired) electrons. The molecule has 3 rings (SSSR count). The largest absolute Gasteiger partial charge is 0.488 e. The lowest BCUT2D eigenvalue weighted by molar-refractivity contribution is -0.0719. The standard InChI is InChI=1S/C14H18N2O2S/c1-8-5-10(6-9(2)17-8)18-11-3-4-12-14(13(11)15)16-7-19-12/h3-4,7-10H,5-6,15H2,1-2H3. The van der Waals surface area contributed by atoms with Crippen molar-refractivity contribution < 1.29 is 9.47 Å². The summed E-state index contributed by atoms with van der Waals surface area (Å²) >= 11 is 1.59. The van der Waals surface area contributed by atoms with E-state index >= 15 is 0 Å². The molecule has 0 saturated carbocycles. The van der Waals surface area contributed by atoms with E-state index in [-0.39, 0.29) is 18.3 Å². The zero-order valence-electron chi connectivity index (χ0n) is 11.1. The van der Waals surface area contributed by atoms with E-state index in [1.165, 1.54) is 0 Å². The van der Waals surface area contributed by atoms with Crippen molar-refractivity contribution in [1.29, 1.82) is 0 Å². The fourth-order valence-corrected chi connectivity index (χ4v) is 3.35. The normalized spacial score (nSPS) is 27.6. The van der Waals surface area contributed by atoms with Gasteiger partial charge in [0.1, 0.15) is 23.1 Å². The van der Waals surface area contributed by atoms with Crippen LogP contribution in [-0.2, 0) is 4.74 Å². The van der Waals surface area contributed by atoms with E-state index < -0.39 is 0 Å². The highest BCUT2D eigenvalue weighted by molar-refractivity contribution is 7.16. The quantitative estimate of drug-likeness (QED) is 0.857. The molecule has 1 fully saturated rings. The van der Waals surface area contributed by atoms with Gasteiger partial charge in [0.15, 0.2) is 0 Å². The molecule has 5 heteroatoms. The average Bonchev–Trinajstić information content (AvgIpc) is 2.80. The van der Waals surface area contributed by atoms with Crippen LogP contribution < -0.4 is 10.5 Å². The van der Waals surface area contributed by atoms with E-state index in [1.54, 1.807) is 11.3 Å². The van der Waals surface area contributed by atoms with Crippen LogP contribution in [0.1, 0.15) is 26.7 Å². The lowest BCUT2D eigenvalue weighted by Crippen LogP contribution is -2.35. The number of nitrogens with zero attached hydrogens (tertiary/aromatic N) is 1. The molecular weight excluding hydrogens is 260 g/mol. The number of rotatable bonds is 2. The zero-order chi connectivity index (χ0) is 13.4. The van der Waals surface area contributed by atoms with Gasteiger partial charge in [-0.1, -0.05) is 0 Å². The molecule has 102 valence electrons. The summed E-state index contributed by atoms with van der Waals surface area (Å²) in [5.41, 5.74) is 9.43. The molecule has 1 aliphatic rings. The molecule has 1 aromatic carbocycles. The molecule has 2 N–H and O–H groups in total. The van der Waals surface area contributed by atoms with Crippen LogP contribution in [0.25, 0.3) is 10.2 Å². The van der Waals surface area contributed by atoms with Crippen LogP contribution in [-0.4, -0.2) is 23.3 Å². The van der Waals surface area contributed by atoms with Gasteiger partial charge in [-0.3, -0.25) is 0 Å². The molecule has 0 bridgehead atoms. The van der Waals surface area contributed by atoms with E-state index in [0.717, 1.165) is 28.8 Å². The third kappa shape index (κ3) is 2.53. The predicted molar refractivity (Wildman–Crippen MR) is 77.7 cm³/mol. The van der Waals surface area contributed by atoms with E-state index in [1.807, 2.05) is 17.6 Å². The van der Waals surface area contributed by atoms with Gasteiger partial charge in [-0.25, -0.2) is 4.98 Å². The van der Waals surface area contributed by atoms with E-state index in [0.29, 0.717) is 5.69 Å². The number of aromatic nitrogens is 1. The lowest BCUT2D eigenvalue weighted by Gasteiger charge is -2.32. The molecule has 2 atom stereocenters. The molecule has 1 aliphatic heterocycles. The first-order valence-corrected chi connectivity index (χ1v) is 7.45. The van der Waals surface area contributed by atoms with Gasteiger partial charge >= 0.3 is 0 Å². The highest BCUT2D eigenvalue weighted by Gasteiger charge is 2.26. The van der Waals surface area contributed by atoms with Crippen LogP contribution in [0.2, 0.25) is 0 Å². The van der Waals surface area contributed by atoms with Crippen molar-refractivity contribution in [2.24, 2.45) is 0 Å². The van der Waals surface area contributed by atoms with Crippen molar-refractivity contribution in [3.05, 3.63) is 17.6 Å². The van der Waals surface area contributed by atoms with E-state index in [4.69, 9.17) is 15.2 Å². The van der Waals surface area contributed by atoms with Crippen molar-refractivity contribution in [3.63, 3.8) is 0 Å². The minimum Gasteiger partial charge on any atom is -0.488 e. The molecule has 1 aromatic heterocycles. The zero-order valence-corrected chi connectivity index (χ0v) is 11.9. The predicted octanol–water partition coefficient (Wildman–Crippen LogP) is 3.21. The molecular formula is C14H18N2O2S. The summed E-state index contributed by atoms with van der Waals surface area (Å²) in [6, 6.07) is 3.96. The second-order valence-electron chi connectivity index (χ2n) is 5.15. The minimum absolute atomic E-state index is 0.164. The van der Waals surface area contributed by atoms with Crippen LogP contribution in [0.4, 0.5) is 5.69 Å².